The average molecular weight is 375 g/mol. The summed E-state index contributed by atoms with van der Waals surface area (Å²) in [4.78, 5) is 0. The molecule has 0 aliphatic heterocycles. The Balaban J connectivity index is 1.69. The second-order valence-corrected chi connectivity index (χ2v) is 6.90. The van der Waals surface area contributed by atoms with Crippen LogP contribution in [0.5, 0.6) is 0 Å². The van der Waals surface area contributed by atoms with Gasteiger partial charge in [0, 0.05) is 15.9 Å². The lowest BCUT2D eigenvalue weighted by molar-refractivity contribution is 0.765. The summed E-state index contributed by atoms with van der Waals surface area (Å²) in [5.74, 6) is 1.62. The van der Waals surface area contributed by atoms with Gasteiger partial charge < -0.3 is 0 Å². The Morgan fingerprint density at radius 2 is 1.82 bits per heavy atom. The number of benzene rings is 1. The molecule has 0 bridgehead atoms. The van der Waals surface area contributed by atoms with Crippen LogP contribution in [0.15, 0.2) is 52.0 Å². The van der Waals surface area contributed by atoms with Crippen LogP contribution in [0.25, 0.3) is 5.82 Å². The molecule has 3 aromatic rings. The van der Waals surface area contributed by atoms with E-state index in [1.165, 1.54) is 5.56 Å². The third-order valence-corrected chi connectivity index (χ3v) is 4.67. The first-order chi connectivity index (χ1) is 10.6. The van der Waals surface area contributed by atoms with Gasteiger partial charge in [0.2, 0.25) is 0 Å². The predicted octanol–water partition coefficient (Wildman–Crippen LogP) is 4.33. The van der Waals surface area contributed by atoms with Crippen LogP contribution in [0, 0.1) is 13.8 Å². The molecule has 0 aliphatic carbocycles. The van der Waals surface area contributed by atoms with Crippen LogP contribution in [0.1, 0.15) is 17.0 Å². The Morgan fingerprint density at radius 3 is 2.41 bits per heavy atom. The molecule has 2 heterocycles. The van der Waals surface area contributed by atoms with Crippen LogP contribution >= 0.6 is 27.7 Å². The Hall–Kier alpha value is -1.66. The quantitative estimate of drug-likeness (QED) is 0.637. The van der Waals surface area contributed by atoms with Gasteiger partial charge in [-0.2, -0.15) is 5.10 Å². The molecule has 0 fully saturated rings. The van der Waals surface area contributed by atoms with E-state index in [-0.39, 0.29) is 0 Å². The van der Waals surface area contributed by atoms with E-state index >= 15 is 0 Å². The van der Waals surface area contributed by atoms with E-state index in [1.807, 2.05) is 48.9 Å². The van der Waals surface area contributed by atoms with Gasteiger partial charge in [-0.3, -0.25) is 0 Å². The molecule has 0 amide bonds. The van der Waals surface area contributed by atoms with Crippen molar-refractivity contribution in [3.8, 4) is 5.82 Å². The summed E-state index contributed by atoms with van der Waals surface area (Å²) in [5, 5.41) is 13.9. The maximum atomic E-state index is 4.41. The zero-order valence-electron chi connectivity index (χ0n) is 12.3. The maximum absolute atomic E-state index is 4.41. The van der Waals surface area contributed by atoms with Crippen molar-refractivity contribution < 1.29 is 0 Å². The number of nitrogens with zero attached hydrogens (tertiary/aromatic N) is 4. The molecular weight excluding hydrogens is 360 g/mol. The molecule has 0 atom stereocenters. The normalized spacial score (nSPS) is 10.9. The molecule has 1 aromatic carbocycles. The Morgan fingerprint density at radius 1 is 1.05 bits per heavy atom. The SMILES string of the molecule is Cc1cc(C)n(-c2ccc(SCc3ccc(Br)cc3)nn2)n1. The van der Waals surface area contributed by atoms with Gasteiger partial charge in [-0.25, -0.2) is 4.68 Å². The number of thioether (sulfide) groups is 1. The molecule has 4 nitrogen and oxygen atoms in total. The molecule has 0 radical (unpaired) electrons. The highest BCUT2D eigenvalue weighted by molar-refractivity contribution is 9.10. The number of hydrogen-bond acceptors (Lipinski definition) is 4. The molecular formula is C16H15BrN4S. The first kappa shape index (κ1) is 15.2. The van der Waals surface area contributed by atoms with E-state index < -0.39 is 0 Å². The van der Waals surface area contributed by atoms with Crippen molar-refractivity contribution in [2.75, 3.05) is 0 Å². The fraction of sp³-hybridized carbons (Fsp3) is 0.188. The molecule has 22 heavy (non-hydrogen) atoms. The molecule has 0 saturated carbocycles. The zero-order valence-corrected chi connectivity index (χ0v) is 14.7. The Labute approximate surface area is 142 Å². The smallest absolute Gasteiger partial charge is 0.175 e. The van der Waals surface area contributed by atoms with Crippen molar-refractivity contribution in [3.05, 3.63) is 63.9 Å². The summed E-state index contributed by atoms with van der Waals surface area (Å²) in [6, 6.07) is 14.3. The van der Waals surface area contributed by atoms with Crippen LogP contribution in [0.4, 0.5) is 0 Å². The van der Waals surface area contributed by atoms with E-state index in [4.69, 9.17) is 0 Å². The van der Waals surface area contributed by atoms with E-state index in [1.54, 1.807) is 11.8 Å². The summed E-state index contributed by atoms with van der Waals surface area (Å²) in [5.41, 5.74) is 3.30. The third kappa shape index (κ3) is 3.56. The molecule has 3 rings (SSSR count). The van der Waals surface area contributed by atoms with Crippen molar-refractivity contribution >= 4 is 27.7 Å². The molecule has 0 spiro atoms. The second-order valence-electron chi connectivity index (χ2n) is 4.98. The molecule has 6 heteroatoms. The van der Waals surface area contributed by atoms with E-state index in [0.717, 1.165) is 32.5 Å². The van der Waals surface area contributed by atoms with E-state index in [2.05, 4.69) is 43.4 Å². The number of hydrogen-bond donors (Lipinski definition) is 0. The van der Waals surface area contributed by atoms with Crippen molar-refractivity contribution in [1.29, 1.82) is 0 Å². The molecule has 0 saturated heterocycles. The Kier molecular flexibility index (Phi) is 4.59. The van der Waals surface area contributed by atoms with Gasteiger partial charge in [-0.1, -0.05) is 39.8 Å². The van der Waals surface area contributed by atoms with Gasteiger partial charge in [-0.05, 0) is 49.7 Å². The predicted molar refractivity (Wildman–Crippen MR) is 92.3 cm³/mol. The topological polar surface area (TPSA) is 43.6 Å². The summed E-state index contributed by atoms with van der Waals surface area (Å²) in [6.45, 7) is 3.98. The summed E-state index contributed by atoms with van der Waals surface area (Å²) < 4.78 is 2.90. The van der Waals surface area contributed by atoms with Gasteiger partial charge in [0.1, 0.15) is 5.03 Å². The lowest BCUT2D eigenvalue weighted by atomic mass is 10.2. The average Bonchev–Trinajstić information content (AvgIpc) is 2.86. The molecule has 0 aliphatic rings. The lowest BCUT2D eigenvalue weighted by Crippen LogP contribution is -2.03. The fourth-order valence-corrected chi connectivity index (χ4v) is 3.14. The maximum Gasteiger partial charge on any atom is 0.175 e. The molecule has 0 N–H and O–H groups in total. The van der Waals surface area contributed by atoms with Crippen molar-refractivity contribution in [3.63, 3.8) is 0 Å². The largest absolute Gasteiger partial charge is 0.218 e. The third-order valence-electron chi connectivity index (χ3n) is 3.15. The van der Waals surface area contributed by atoms with Crippen LogP contribution in [-0.2, 0) is 5.75 Å². The number of halogens is 1. The summed E-state index contributed by atoms with van der Waals surface area (Å²) >= 11 is 5.12. The minimum absolute atomic E-state index is 0.749. The first-order valence-corrected chi connectivity index (χ1v) is 8.64. The highest BCUT2D eigenvalue weighted by Gasteiger charge is 2.06. The second kappa shape index (κ2) is 6.62. The summed E-state index contributed by atoms with van der Waals surface area (Å²) in [7, 11) is 0. The molecule has 112 valence electrons. The number of rotatable bonds is 4. The van der Waals surface area contributed by atoms with Crippen molar-refractivity contribution in [2.45, 2.75) is 24.6 Å². The van der Waals surface area contributed by atoms with Crippen LogP contribution in [0.3, 0.4) is 0 Å². The highest BCUT2D eigenvalue weighted by atomic mass is 79.9. The molecule has 0 unspecified atom stereocenters. The zero-order chi connectivity index (χ0) is 15.5. The number of aryl methyl sites for hydroxylation is 2. The van der Waals surface area contributed by atoms with E-state index in [0.29, 0.717) is 0 Å². The van der Waals surface area contributed by atoms with Gasteiger partial charge in [0.05, 0.1) is 5.69 Å². The van der Waals surface area contributed by atoms with Gasteiger partial charge in [0.25, 0.3) is 0 Å². The van der Waals surface area contributed by atoms with Crippen molar-refractivity contribution in [2.24, 2.45) is 0 Å². The Bertz CT molecular complexity index is 766. The molecule has 2 aromatic heterocycles. The fourth-order valence-electron chi connectivity index (χ4n) is 2.10. The van der Waals surface area contributed by atoms with Crippen LogP contribution < -0.4 is 0 Å². The standard InChI is InChI=1S/C16H15BrN4S/c1-11-9-12(2)21(20-11)15-7-8-16(19-18-15)22-10-13-3-5-14(17)6-4-13/h3-9H,10H2,1-2H3. The van der Waals surface area contributed by atoms with Crippen LogP contribution in [-0.4, -0.2) is 20.0 Å². The minimum Gasteiger partial charge on any atom is -0.218 e. The minimum atomic E-state index is 0.749. The van der Waals surface area contributed by atoms with Gasteiger partial charge in [0.15, 0.2) is 5.82 Å². The van der Waals surface area contributed by atoms with Crippen molar-refractivity contribution in [1.82, 2.24) is 20.0 Å². The van der Waals surface area contributed by atoms with Crippen LogP contribution in [0.2, 0.25) is 0 Å². The van der Waals surface area contributed by atoms with Gasteiger partial charge >= 0.3 is 0 Å². The first-order valence-electron chi connectivity index (χ1n) is 6.86. The van der Waals surface area contributed by atoms with E-state index in [9.17, 15) is 0 Å². The monoisotopic (exact) mass is 374 g/mol. The number of aromatic nitrogens is 4. The highest BCUT2D eigenvalue weighted by Crippen LogP contribution is 2.22. The summed E-state index contributed by atoms with van der Waals surface area (Å²) in [6.07, 6.45) is 0. The van der Waals surface area contributed by atoms with Gasteiger partial charge in [-0.15, -0.1) is 10.2 Å². The lowest BCUT2D eigenvalue weighted by Gasteiger charge is -2.04.